The van der Waals surface area contributed by atoms with Gasteiger partial charge in [-0.2, -0.15) is 0 Å². The van der Waals surface area contributed by atoms with Crippen molar-refractivity contribution in [2.24, 2.45) is 0 Å². The average Bonchev–Trinajstić information content (AvgIpc) is 3.07. The van der Waals surface area contributed by atoms with Crippen molar-refractivity contribution >= 4 is 34.8 Å². The summed E-state index contributed by atoms with van der Waals surface area (Å²) < 4.78 is 11.1. The number of carbonyl (C=O) groups is 2. The number of methoxy groups -OCH3 is 1. The van der Waals surface area contributed by atoms with Gasteiger partial charge in [0.1, 0.15) is 11.5 Å². The number of rotatable bonds is 8. The van der Waals surface area contributed by atoms with Gasteiger partial charge >= 0.3 is 0 Å². The van der Waals surface area contributed by atoms with Crippen LogP contribution in [0.15, 0.2) is 88.7 Å². The van der Waals surface area contributed by atoms with E-state index in [4.69, 9.17) is 9.47 Å². The van der Waals surface area contributed by atoms with Crippen molar-refractivity contribution in [1.82, 2.24) is 0 Å². The first-order chi connectivity index (χ1) is 15.6. The highest BCUT2D eigenvalue weighted by Crippen LogP contribution is 2.43. The third kappa shape index (κ3) is 4.27. The van der Waals surface area contributed by atoms with Crippen molar-refractivity contribution in [2.45, 2.75) is 18.2 Å². The van der Waals surface area contributed by atoms with Gasteiger partial charge in [0.15, 0.2) is 0 Å². The number of imide groups is 1. The van der Waals surface area contributed by atoms with Gasteiger partial charge in [-0.05, 0) is 48.4 Å². The summed E-state index contributed by atoms with van der Waals surface area (Å²) in [6.07, 6.45) is 0.820. The molecule has 1 aliphatic rings. The van der Waals surface area contributed by atoms with Gasteiger partial charge in [0.25, 0.3) is 11.8 Å². The summed E-state index contributed by atoms with van der Waals surface area (Å²) >= 11 is 1.29. The van der Waals surface area contributed by atoms with E-state index in [1.807, 2.05) is 43.3 Å². The van der Waals surface area contributed by atoms with Crippen LogP contribution in [0.4, 0.5) is 5.69 Å². The summed E-state index contributed by atoms with van der Waals surface area (Å²) in [5.74, 6) is 0.461. The molecule has 0 unspecified atom stereocenters. The Kier molecular flexibility index (Phi) is 6.61. The fourth-order valence-electron chi connectivity index (χ4n) is 3.42. The number of hydrogen-bond acceptors (Lipinski definition) is 5. The van der Waals surface area contributed by atoms with Crippen LogP contribution in [0.3, 0.4) is 0 Å². The molecular weight excluding hydrogens is 422 g/mol. The van der Waals surface area contributed by atoms with Crippen molar-refractivity contribution in [3.63, 3.8) is 0 Å². The van der Waals surface area contributed by atoms with Gasteiger partial charge in [-0.3, -0.25) is 9.59 Å². The summed E-state index contributed by atoms with van der Waals surface area (Å²) in [6.45, 7) is 2.50. The molecule has 162 valence electrons. The van der Waals surface area contributed by atoms with Gasteiger partial charge in [0.05, 0.1) is 29.9 Å². The van der Waals surface area contributed by atoms with Gasteiger partial charge in [-0.1, -0.05) is 61.2 Å². The second-order valence-corrected chi connectivity index (χ2v) is 8.19. The van der Waals surface area contributed by atoms with Crippen LogP contribution in [0.1, 0.15) is 18.9 Å². The van der Waals surface area contributed by atoms with Crippen molar-refractivity contribution in [3.05, 3.63) is 89.3 Å². The highest BCUT2D eigenvalue weighted by atomic mass is 32.2. The zero-order chi connectivity index (χ0) is 22.5. The van der Waals surface area contributed by atoms with Crippen LogP contribution in [-0.2, 0) is 9.59 Å². The lowest BCUT2D eigenvalue weighted by molar-refractivity contribution is -0.119. The summed E-state index contributed by atoms with van der Waals surface area (Å²) in [4.78, 5) is 29.7. The van der Waals surface area contributed by atoms with E-state index in [9.17, 15) is 9.59 Å². The topological polar surface area (TPSA) is 55.8 Å². The summed E-state index contributed by atoms with van der Waals surface area (Å²) in [7, 11) is 1.59. The molecular formula is C26H23NO4S. The number of anilines is 1. The maximum Gasteiger partial charge on any atom is 0.273 e. The molecule has 0 aliphatic carbocycles. The summed E-state index contributed by atoms with van der Waals surface area (Å²) in [6, 6.07) is 23.9. The predicted molar refractivity (Wildman–Crippen MR) is 127 cm³/mol. The third-order valence-electron chi connectivity index (χ3n) is 4.95. The molecule has 0 fully saturated rings. The molecule has 3 aromatic carbocycles. The zero-order valence-electron chi connectivity index (χ0n) is 17.9. The molecule has 2 amide bonds. The van der Waals surface area contributed by atoms with Crippen LogP contribution in [0.5, 0.6) is 11.5 Å². The van der Waals surface area contributed by atoms with Crippen LogP contribution in [0, 0.1) is 0 Å². The third-order valence-corrected chi connectivity index (χ3v) is 6.04. The Hall–Kier alpha value is -3.51. The molecule has 0 saturated heterocycles. The number of carbonyl (C=O) groups excluding carboxylic acids is 2. The minimum Gasteiger partial charge on any atom is -0.497 e. The van der Waals surface area contributed by atoms with Gasteiger partial charge in [-0.25, -0.2) is 4.90 Å². The van der Waals surface area contributed by atoms with E-state index in [1.165, 1.54) is 16.7 Å². The quantitative estimate of drug-likeness (QED) is 0.425. The molecule has 3 aromatic rings. The van der Waals surface area contributed by atoms with E-state index >= 15 is 0 Å². The number of thioether (sulfide) groups is 1. The first kappa shape index (κ1) is 21.7. The van der Waals surface area contributed by atoms with Crippen molar-refractivity contribution in [2.75, 3.05) is 18.6 Å². The molecule has 1 aliphatic heterocycles. The highest BCUT2D eigenvalue weighted by Gasteiger charge is 2.41. The molecule has 5 nitrogen and oxygen atoms in total. The Labute approximate surface area is 191 Å². The first-order valence-corrected chi connectivity index (χ1v) is 11.2. The number of amides is 2. The van der Waals surface area contributed by atoms with Gasteiger partial charge in [0.2, 0.25) is 0 Å². The molecule has 0 saturated carbocycles. The minimum absolute atomic E-state index is 0.359. The first-order valence-electron chi connectivity index (χ1n) is 10.4. The van der Waals surface area contributed by atoms with Gasteiger partial charge in [0, 0.05) is 4.90 Å². The van der Waals surface area contributed by atoms with Crippen LogP contribution >= 0.6 is 11.8 Å². The molecule has 0 N–H and O–H groups in total. The van der Waals surface area contributed by atoms with Crippen molar-refractivity contribution in [3.8, 4) is 11.5 Å². The standard InChI is InChI=1S/C26H23NO4S/c1-3-17-31-22-12-8-7-11-21(22)27-25(28)23(18-13-15-19(30-2)16-14-18)24(26(27)29)32-20-9-5-4-6-10-20/h4-16H,3,17H2,1-2H3. The number of nitrogens with zero attached hydrogens (tertiary/aromatic N) is 1. The molecule has 32 heavy (non-hydrogen) atoms. The molecule has 0 bridgehead atoms. The van der Waals surface area contributed by atoms with E-state index in [-0.39, 0.29) is 11.8 Å². The second kappa shape index (κ2) is 9.75. The SMILES string of the molecule is CCCOc1ccccc1N1C(=O)C(Sc2ccccc2)=C(c2ccc(OC)cc2)C1=O. The van der Waals surface area contributed by atoms with Gasteiger partial charge < -0.3 is 9.47 Å². The highest BCUT2D eigenvalue weighted by molar-refractivity contribution is 8.04. The Morgan fingerprint density at radius 3 is 2.22 bits per heavy atom. The van der Waals surface area contributed by atoms with Crippen LogP contribution in [-0.4, -0.2) is 25.5 Å². The molecule has 0 spiro atoms. The molecule has 1 heterocycles. The molecule has 6 heteroatoms. The lowest BCUT2D eigenvalue weighted by Crippen LogP contribution is -2.31. The largest absolute Gasteiger partial charge is 0.497 e. The Balaban J connectivity index is 1.80. The minimum atomic E-state index is -0.369. The maximum atomic E-state index is 13.6. The zero-order valence-corrected chi connectivity index (χ0v) is 18.7. The average molecular weight is 446 g/mol. The number of para-hydroxylation sites is 2. The number of ether oxygens (including phenoxy) is 2. The fraction of sp³-hybridized carbons (Fsp3) is 0.154. The fourth-order valence-corrected chi connectivity index (χ4v) is 4.43. The predicted octanol–water partition coefficient (Wildman–Crippen LogP) is 5.56. The van der Waals surface area contributed by atoms with Crippen molar-refractivity contribution in [1.29, 1.82) is 0 Å². The smallest absolute Gasteiger partial charge is 0.273 e. The molecule has 0 radical (unpaired) electrons. The molecule has 0 aromatic heterocycles. The van der Waals surface area contributed by atoms with Crippen molar-refractivity contribution < 1.29 is 19.1 Å². The molecule has 4 rings (SSSR count). The number of benzene rings is 3. The monoisotopic (exact) mass is 445 g/mol. The Morgan fingerprint density at radius 1 is 0.844 bits per heavy atom. The van der Waals surface area contributed by atoms with Crippen LogP contribution < -0.4 is 14.4 Å². The van der Waals surface area contributed by atoms with E-state index in [2.05, 4.69) is 0 Å². The maximum absolute atomic E-state index is 13.6. The normalized spacial score (nSPS) is 13.6. The Bertz CT molecular complexity index is 1160. The van der Waals surface area contributed by atoms with E-state index < -0.39 is 0 Å². The lowest BCUT2D eigenvalue weighted by Gasteiger charge is -2.19. The second-order valence-electron chi connectivity index (χ2n) is 7.11. The number of hydrogen-bond donors (Lipinski definition) is 0. The van der Waals surface area contributed by atoms with E-state index in [1.54, 1.807) is 49.6 Å². The van der Waals surface area contributed by atoms with Crippen LogP contribution in [0.25, 0.3) is 5.57 Å². The van der Waals surface area contributed by atoms with E-state index in [0.29, 0.717) is 39.8 Å². The van der Waals surface area contributed by atoms with Gasteiger partial charge in [-0.15, -0.1) is 0 Å². The molecule has 0 atom stereocenters. The summed E-state index contributed by atoms with van der Waals surface area (Å²) in [5, 5.41) is 0. The lowest BCUT2D eigenvalue weighted by atomic mass is 10.1. The summed E-state index contributed by atoms with van der Waals surface area (Å²) in [5.41, 5.74) is 1.49. The van der Waals surface area contributed by atoms with Crippen LogP contribution in [0.2, 0.25) is 0 Å². The Morgan fingerprint density at radius 2 is 1.53 bits per heavy atom. The van der Waals surface area contributed by atoms with E-state index in [0.717, 1.165) is 11.3 Å².